The molecule has 2 amide bonds. The van der Waals surface area contributed by atoms with Crippen molar-refractivity contribution in [2.45, 2.75) is 6.42 Å². The first kappa shape index (κ1) is 9.70. The van der Waals surface area contributed by atoms with Gasteiger partial charge in [-0.15, -0.1) is 0 Å². The van der Waals surface area contributed by atoms with Gasteiger partial charge in [-0.2, -0.15) is 0 Å². The van der Waals surface area contributed by atoms with E-state index in [0.717, 1.165) is 6.42 Å². The molecule has 2 rings (SSSR count). The minimum Gasteiger partial charge on any atom is -0.354 e. The van der Waals surface area contributed by atoms with E-state index in [1.165, 1.54) is 22.0 Å². The Morgan fingerprint density at radius 2 is 2.40 bits per heavy atom. The molecule has 15 heavy (non-hydrogen) atoms. The number of imidazole rings is 1. The molecule has 1 aliphatic rings. The van der Waals surface area contributed by atoms with Crippen LogP contribution in [0.1, 0.15) is 6.42 Å². The summed E-state index contributed by atoms with van der Waals surface area (Å²) in [4.78, 5) is 28.4. The molecule has 0 saturated carbocycles. The van der Waals surface area contributed by atoms with E-state index in [1.54, 1.807) is 6.20 Å². The van der Waals surface area contributed by atoms with E-state index in [4.69, 9.17) is 0 Å². The van der Waals surface area contributed by atoms with E-state index < -0.39 is 0 Å². The Labute approximate surface area is 86.9 Å². The molecule has 0 aliphatic carbocycles. The number of amides is 2. The summed E-state index contributed by atoms with van der Waals surface area (Å²) in [5, 5.41) is 2.72. The molecule has 1 aromatic rings. The van der Waals surface area contributed by atoms with Crippen molar-refractivity contribution in [2.75, 3.05) is 19.6 Å². The first-order chi connectivity index (χ1) is 7.27. The second-order valence-electron chi connectivity index (χ2n) is 3.38. The lowest BCUT2D eigenvalue weighted by Gasteiger charge is -2.18. The maximum Gasteiger partial charge on any atom is 0.329 e. The number of nitrogens with zero attached hydrogens (tertiary/aromatic N) is 3. The van der Waals surface area contributed by atoms with Gasteiger partial charge in [0.05, 0.1) is 0 Å². The Morgan fingerprint density at radius 3 is 3.13 bits per heavy atom. The first-order valence-corrected chi connectivity index (χ1v) is 4.81. The number of rotatable bonds is 0. The summed E-state index contributed by atoms with van der Waals surface area (Å²) in [6.07, 6.45) is 5.33. The Balaban J connectivity index is 2.09. The number of hydrogen-bond acceptors (Lipinski definition) is 3. The number of aromatic nitrogens is 2. The second kappa shape index (κ2) is 4.12. The van der Waals surface area contributed by atoms with Crippen LogP contribution in [0, 0.1) is 0 Å². The van der Waals surface area contributed by atoms with E-state index in [1.807, 2.05) is 0 Å². The lowest BCUT2D eigenvalue weighted by atomic mass is 10.4. The average molecular weight is 208 g/mol. The maximum atomic E-state index is 11.8. The largest absolute Gasteiger partial charge is 0.354 e. The smallest absolute Gasteiger partial charge is 0.329 e. The molecule has 0 aromatic carbocycles. The van der Waals surface area contributed by atoms with Crippen molar-refractivity contribution >= 4 is 11.9 Å². The monoisotopic (exact) mass is 208 g/mol. The Hall–Kier alpha value is -1.85. The predicted octanol–water partition coefficient (Wildman–Crippen LogP) is -0.327. The van der Waals surface area contributed by atoms with Crippen LogP contribution in [0.5, 0.6) is 0 Å². The van der Waals surface area contributed by atoms with Crippen molar-refractivity contribution in [3.05, 3.63) is 18.7 Å². The lowest BCUT2D eigenvalue weighted by Crippen LogP contribution is -2.39. The minimum atomic E-state index is -0.204. The van der Waals surface area contributed by atoms with Gasteiger partial charge in [0, 0.05) is 25.5 Å². The first-order valence-electron chi connectivity index (χ1n) is 4.81. The highest BCUT2D eigenvalue weighted by Crippen LogP contribution is 2.00. The zero-order chi connectivity index (χ0) is 10.7. The number of carbonyl (C=O) groups is 2. The van der Waals surface area contributed by atoms with Crippen LogP contribution in [-0.4, -0.2) is 46.0 Å². The van der Waals surface area contributed by atoms with E-state index >= 15 is 0 Å². The van der Waals surface area contributed by atoms with Crippen LogP contribution in [0.25, 0.3) is 0 Å². The summed E-state index contributed by atoms with van der Waals surface area (Å²) >= 11 is 0. The fourth-order valence-corrected chi connectivity index (χ4v) is 1.50. The molecule has 6 heteroatoms. The number of hydrogen-bond donors (Lipinski definition) is 1. The molecule has 1 aliphatic heterocycles. The van der Waals surface area contributed by atoms with E-state index in [9.17, 15) is 9.59 Å². The third kappa shape index (κ3) is 2.15. The van der Waals surface area contributed by atoms with Gasteiger partial charge in [0.1, 0.15) is 12.9 Å². The molecule has 1 fully saturated rings. The fourth-order valence-electron chi connectivity index (χ4n) is 1.50. The van der Waals surface area contributed by atoms with Gasteiger partial charge >= 0.3 is 6.03 Å². The molecular formula is C9H12N4O2. The lowest BCUT2D eigenvalue weighted by molar-refractivity contribution is -0.121. The normalized spacial score (nSPS) is 17.1. The molecule has 1 saturated heterocycles. The summed E-state index contributed by atoms with van der Waals surface area (Å²) in [5.74, 6) is -0.110. The molecular weight excluding hydrogens is 196 g/mol. The number of nitrogens with one attached hydrogen (secondary N) is 1. The van der Waals surface area contributed by atoms with Gasteiger partial charge < -0.3 is 10.2 Å². The molecule has 1 N–H and O–H groups in total. The van der Waals surface area contributed by atoms with Crippen LogP contribution in [0.3, 0.4) is 0 Å². The topological polar surface area (TPSA) is 67.2 Å². The maximum absolute atomic E-state index is 11.8. The highest BCUT2D eigenvalue weighted by Gasteiger charge is 2.20. The summed E-state index contributed by atoms with van der Waals surface area (Å²) in [5.41, 5.74) is 0. The molecule has 0 atom stereocenters. The van der Waals surface area contributed by atoms with Crippen LogP contribution in [-0.2, 0) is 4.79 Å². The quantitative estimate of drug-likeness (QED) is 0.635. The summed E-state index contributed by atoms with van der Waals surface area (Å²) in [6.45, 7) is 1.35. The summed E-state index contributed by atoms with van der Waals surface area (Å²) < 4.78 is 1.37. The van der Waals surface area contributed by atoms with E-state index in [0.29, 0.717) is 13.1 Å². The highest BCUT2D eigenvalue weighted by atomic mass is 16.2. The van der Waals surface area contributed by atoms with Crippen molar-refractivity contribution in [1.82, 2.24) is 19.8 Å². The molecule has 2 heterocycles. The van der Waals surface area contributed by atoms with Gasteiger partial charge in [0.2, 0.25) is 5.91 Å². The van der Waals surface area contributed by atoms with Crippen molar-refractivity contribution in [3.8, 4) is 0 Å². The molecule has 80 valence electrons. The second-order valence-corrected chi connectivity index (χ2v) is 3.38. The van der Waals surface area contributed by atoms with Gasteiger partial charge in [0.15, 0.2) is 0 Å². The Kier molecular flexibility index (Phi) is 2.66. The van der Waals surface area contributed by atoms with Crippen LogP contribution in [0.2, 0.25) is 0 Å². The molecule has 0 bridgehead atoms. The SMILES string of the molecule is O=C1CN(C(=O)n2ccnc2)CCCN1. The Bertz CT molecular complexity index is 360. The van der Waals surface area contributed by atoms with E-state index in [-0.39, 0.29) is 18.5 Å². The minimum absolute atomic E-state index is 0.110. The van der Waals surface area contributed by atoms with Gasteiger partial charge in [-0.25, -0.2) is 9.78 Å². The van der Waals surface area contributed by atoms with Gasteiger partial charge in [-0.3, -0.25) is 9.36 Å². The van der Waals surface area contributed by atoms with Crippen molar-refractivity contribution in [3.63, 3.8) is 0 Å². The predicted molar refractivity (Wildman–Crippen MR) is 52.2 cm³/mol. The molecule has 0 radical (unpaired) electrons. The molecule has 6 nitrogen and oxygen atoms in total. The zero-order valence-electron chi connectivity index (χ0n) is 8.22. The Morgan fingerprint density at radius 1 is 1.53 bits per heavy atom. The third-order valence-corrected chi connectivity index (χ3v) is 2.26. The summed E-state index contributed by atoms with van der Waals surface area (Å²) in [7, 11) is 0. The van der Waals surface area contributed by atoms with E-state index in [2.05, 4.69) is 10.3 Å². The van der Waals surface area contributed by atoms with Gasteiger partial charge in [0.25, 0.3) is 0 Å². The average Bonchev–Trinajstić information content (AvgIpc) is 2.67. The third-order valence-electron chi connectivity index (χ3n) is 2.26. The molecule has 0 unspecified atom stereocenters. The van der Waals surface area contributed by atoms with Crippen molar-refractivity contribution in [1.29, 1.82) is 0 Å². The number of carbonyl (C=O) groups excluding carboxylic acids is 2. The highest BCUT2D eigenvalue weighted by molar-refractivity contribution is 5.85. The van der Waals surface area contributed by atoms with Crippen molar-refractivity contribution in [2.24, 2.45) is 0 Å². The standard InChI is InChI=1S/C9H12N4O2/c14-8-6-12(4-1-2-11-8)9(15)13-5-3-10-7-13/h3,5,7H,1-2,4,6H2,(H,11,14). The summed E-state index contributed by atoms with van der Waals surface area (Å²) in [6, 6.07) is -0.204. The van der Waals surface area contributed by atoms with Crippen LogP contribution in [0.4, 0.5) is 4.79 Å². The van der Waals surface area contributed by atoms with Crippen molar-refractivity contribution < 1.29 is 9.59 Å². The van der Waals surface area contributed by atoms with Gasteiger partial charge in [-0.1, -0.05) is 0 Å². The van der Waals surface area contributed by atoms with Crippen LogP contribution in [0.15, 0.2) is 18.7 Å². The fraction of sp³-hybridized carbons (Fsp3) is 0.444. The van der Waals surface area contributed by atoms with Crippen LogP contribution >= 0.6 is 0 Å². The van der Waals surface area contributed by atoms with Crippen LogP contribution < -0.4 is 5.32 Å². The molecule has 1 aromatic heterocycles. The van der Waals surface area contributed by atoms with Gasteiger partial charge in [-0.05, 0) is 6.42 Å². The molecule has 0 spiro atoms. The zero-order valence-corrected chi connectivity index (χ0v) is 8.22.